The van der Waals surface area contributed by atoms with Gasteiger partial charge in [-0.05, 0) is 18.6 Å². The maximum atomic E-state index is 5.65. The zero-order chi connectivity index (χ0) is 9.80. The normalized spacial score (nSPS) is 20.9. The van der Waals surface area contributed by atoms with Gasteiger partial charge in [0.2, 0.25) is 5.90 Å². The van der Waals surface area contributed by atoms with Crippen LogP contribution in [-0.4, -0.2) is 12.4 Å². The Balaban J connectivity index is 2.06. The van der Waals surface area contributed by atoms with E-state index in [1.807, 2.05) is 37.3 Å². The van der Waals surface area contributed by atoms with Crippen LogP contribution >= 0.6 is 0 Å². The van der Waals surface area contributed by atoms with Crippen molar-refractivity contribution in [3.8, 4) is 0 Å². The largest absolute Gasteiger partial charge is 0.468 e. The average molecular weight is 187 g/mol. The van der Waals surface area contributed by atoms with Gasteiger partial charge in [-0.25, -0.2) is 4.99 Å². The summed E-state index contributed by atoms with van der Waals surface area (Å²) in [6, 6.07) is 10.2. The molecule has 1 aromatic carbocycles. The zero-order valence-corrected chi connectivity index (χ0v) is 8.18. The SMILES string of the molecule is CC=CC1=NCC(c2ccccc2)O1. The number of hydrogen-bond donors (Lipinski definition) is 0. The second kappa shape index (κ2) is 4.09. The van der Waals surface area contributed by atoms with Crippen LogP contribution < -0.4 is 0 Å². The van der Waals surface area contributed by atoms with E-state index in [2.05, 4.69) is 17.1 Å². The summed E-state index contributed by atoms with van der Waals surface area (Å²) < 4.78 is 5.65. The van der Waals surface area contributed by atoms with Gasteiger partial charge in [-0.1, -0.05) is 36.4 Å². The van der Waals surface area contributed by atoms with Gasteiger partial charge in [0.15, 0.2) is 0 Å². The van der Waals surface area contributed by atoms with Gasteiger partial charge in [-0.2, -0.15) is 0 Å². The molecular formula is C12H13NO. The van der Waals surface area contributed by atoms with E-state index in [-0.39, 0.29) is 6.10 Å². The minimum atomic E-state index is 0.0994. The van der Waals surface area contributed by atoms with E-state index in [1.165, 1.54) is 5.56 Å². The quantitative estimate of drug-likeness (QED) is 0.697. The lowest BCUT2D eigenvalue weighted by Crippen LogP contribution is -2.02. The third-order valence-corrected chi connectivity index (χ3v) is 2.16. The van der Waals surface area contributed by atoms with Gasteiger partial charge in [0, 0.05) is 0 Å². The van der Waals surface area contributed by atoms with Crippen LogP contribution in [0.4, 0.5) is 0 Å². The van der Waals surface area contributed by atoms with Crippen molar-refractivity contribution >= 4 is 5.90 Å². The summed E-state index contributed by atoms with van der Waals surface area (Å²) in [6.07, 6.45) is 3.93. The van der Waals surface area contributed by atoms with E-state index < -0.39 is 0 Å². The molecule has 0 aromatic heterocycles. The lowest BCUT2D eigenvalue weighted by atomic mass is 10.1. The first-order chi connectivity index (χ1) is 6.90. The maximum Gasteiger partial charge on any atom is 0.209 e. The summed E-state index contributed by atoms with van der Waals surface area (Å²) in [4.78, 5) is 4.29. The van der Waals surface area contributed by atoms with Crippen molar-refractivity contribution in [2.45, 2.75) is 13.0 Å². The lowest BCUT2D eigenvalue weighted by molar-refractivity contribution is 0.231. The number of allylic oxidation sites excluding steroid dienone is 1. The molecule has 0 fully saturated rings. The number of benzene rings is 1. The molecule has 1 atom stereocenters. The molecule has 0 N–H and O–H groups in total. The first-order valence-corrected chi connectivity index (χ1v) is 4.79. The Kier molecular flexibility index (Phi) is 2.63. The molecule has 1 aromatic rings. The Labute approximate surface area is 83.9 Å². The molecule has 0 radical (unpaired) electrons. The van der Waals surface area contributed by atoms with Crippen molar-refractivity contribution in [2.75, 3.05) is 6.54 Å². The molecule has 0 saturated heterocycles. The summed E-state index contributed by atoms with van der Waals surface area (Å²) in [5.41, 5.74) is 1.19. The predicted molar refractivity (Wildman–Crippen MR) is 57.4 cm³/mol. The molecule has 1 unspecified atom stereocenters. The second-order valence-corrected chi connectivity index (χ2v) is 3.20. The van der Waals surface area contributed by atoms with Crippen LogP contribution in [0.1, 0.15) is 18.6 Å². The maximum absolute atomic E-state index is 5.65. The van der Waals surface area contributed by atoms with Crippen LogP contribution in [0.2, 0.25) is 0 Å². The van der Waals surface area contributed by atoms with E-state index in [9.17, 15) is 0 Å². The number of nitrogens with zero attached hydrogens (tertiary/aromatic N) is 1. The fourth-order valence-corrected chi connectivity index (χ4v) is 1.47. The van der Waals surface area contributed by atoms with E-state index in [1.54, 1.807) is 0 Å². The summed E-state index contributed by atoms with van der Waals surface area (Å²) in [7, 11) is 0. The van der Waals surface area contributed by atoms with E-state index in [0.717, 1.165) is 12.4 Å². The van der Waals surface area contributed by atoms with Crippen LogP contribution in [0.5, 0.6) is 0 Å². The molecule has 2 heteroatoms. The highest BCUT2D eigenvalue weighted by atomic mass is 16.5. The molecule has 0 spiro atoms. The van der Waals surface area contributed by atoms with E-state index in [0.29, 0.717) is 0 Å². The fourth-order valence-electron chi connectivity index (χ4n) is 1.47. The topological polar surface area (TPSA) is 21.6 Å². The molecule has 0 amide bonds. The second-order valence-electron chi connectivity index (χ2n) is 3.20. The first-order valence-electron chi connectivity index (χ1n) is 4.79. The molecule has 2 nitrogen and oxygen atoms in total. The highest BCUT2D eigenvalue weighted by molar-refractivity contribution is 5.88. The monoisotopic (exact) mass is 187 g/mol. The minimum absolute atomic E-state index is 0.0994. The Morgan fingerprint density at radius 3 is 2.86 bits per heavy atom. The minimum Gasteiger partial charge on any atom is -0.468 e. The molecule has 0 saturated carbocycles. The van der Waals surface area contributed by atoms with Gasteiger partial charge in [-0.15, -0.1) is 0 Å². The number of hydrogen-bond acceptors (Lipinski definition) is 2. The summed E-state index contributed by atoms with van der Waals surface area (Å²) in [5.74, 6) is 0.737. The van der Waals surface area contributed by atoms with Gasteiger partial charge >= 0.3 is 0 Å². The smallest absolute Gasteiger partial charge is 0.209 e. The number of aliphatic imine (C=N–C) groups is 1. The Hall–Kier alpha value is -1.57. The lowest BCUT2D eigenvalue weighted by Gasteiger charge is -2.09. The number of ether oxygens (including phenoxy) is 1. The van der Waals surface area contributed by atoms with Gasteiger partial charge in [0.25, 0.3) is 0 Å². The van der Waals surface area contributed by atoms with Crippen LogP contribution in [0.15, 0.2) is 47.5 Å². The first kappa shape index (κ1) is 9.00. The van der Waals surface area contributed by atoms with Crippen molar-refractivity contribution < 1.29 is 4.74 Å². The Morgan fingerprint density at radius 2 is 2.14 bits per heavy atom. The zero-order valence-electron chi connectivity index (χ0n) is 8.18. The molecule has 14 heavy (non-hydrogen) atoms. The average Bonchev–Trinajstić information content (AvgIpc) is 2.68. The Morgan fingerprint density at radius 1 is 1.36 bits per heavy atom. The van der Waals surface area contributed by atoms with Crippen LogP contribution in [0, 0.1) is 0 Å². The van der Waals surface area contributed by atoms with E-state index in [4.69, 9.17) is 4.74 Å². The highest BCUT2D eigenvalue weighted by Crippen LogP contribution is 2.22. The number of rotatable bonds is 2. The van der Waals surface area contributed by atoms with Crippen LogP contribution in [0.3, 0.4) is 0 Å². The van der Waals surface area contributed by atoms with Gasteiger partial charge in [0.1, 0.15) is 6.10 Å². The van der Waals surface area contributed by atoms with Crippen molar-refractivity contribution in [3.63, 3.8) is 0 Å². The van der Waals surface area contributed by atoms with Crippen LogP contribution in [0.25, 0.3) is 0 Å². The van der Waals surface area contributed by atoms with Crippen LogP contribution in [-0.2, 0) is 4.74 Å². The predicted octanol–water partition coefficient (Wildman–Crippen LogP) is 2.73. The van der Waals surface area contributed by atoms with Gasteiger partial charge in [0.05, 0.1) is 6.54 Å². The summed E-state index contributed by atoms with van der Waals surface area (Å²) in [5, 5.41) is 0. The molecule has 0 aliphatic carbocycles. The molecule has 1 aliphatic heterocycles. The van der Waals surface area contributed by atoms with Crippen molar-refractivity contribution in [2.24, 2.45) is 4.99 Å². The van der Waals surface area contributed by atoms with Crippen molar-refractivity contribution in [1.29, 1.82) is 0 Å². The molecule has 1 aliphatic rings. The van der Waals surface area contributed by atoms with Crippen molar-refractivity contribution in [3.05, 3.63) is 48.0 Å². The summed E-state index contributed by atoms with van der Waals surface area (Å²) in [6.45, 7) is 2.69. The standard InChI is InChI=1S/C12H13NO/c1-2-6-12-13-9-11(14-12)10-7-4-3-5-8-10/h2-8,11H,9H2,1H3. The summed E-state index contributed by atoms with van der Waals surface area (Å²) >= 11 is 0. The molecule has 2 rings (SSSR count). The fraction of sp³-hybridized carbons (Fsp3) is 0.250. The third-order valence-electron chi connectivity index (χ3n) is 2.16. The molecule has 72 valence electrons. The Bertz CT molecular complexity index is 354. The van der Waals surface area contributed by atoms with Gasteiger partial charge in [-0.3, -0.25) is 0 Å². The molecule has 0 bridgehead atoms. The van der Waals surface area contributed by atoms with Gasteiger partial charge < -0.3 is 4.74 Å². The molecular weight excluding hydrogens is 174 g/mol. The third kappa shape index (κ3) is 1.84. The molecule has 1 heterocycles. The van der Waals surface area contributed by atoms with Crippen molar-refractivity contribution in [1.82, 2.24) is 0 Å². The highest BCUT2D eigenvalue weighted by Gasteiger charge is 2.19. The van der Waals surface area contributed by atoms with E-state index >= 15 is 0 Å².